The van der Waals surface area contributed by atoms with Crippen molar-refractivity contribution in [3.05, 3.63) is 53.9 Å². The van der Waals surface area contributed by atoms with Gasteiger partial charge < -0.3 is 25.8 Å². The molecule has 1 aliphatic rings. The Morgan fingerprint density at radius 3 is 2.48 bits per heavy atom. The van der Waals surface area contributed by atoms with Crippen molar-refractivity contribution in [2.45, 2.75) is 13.8 Å². The number of anilines is 5. The van der Waals surface area contributed by atoms with Gasteiger partial charge in [-0.2, -0.15) is 0 Å². The fourth-order valence-corrected chi connectivity index (χ4v) is 2.87. The highest BCUT2D eigenvalue weighted by Gasteiger charge is 2.14. The van der Waals surface area contributed by atoms with Gasteiger partial charge in [-0.1, -0.05) is 12.1 Å². The van der Waals surface area contributed by atoms with E-state index in [0.717, 1.165) is 22.7 Å². The number of aromatic nitrogens is 2. The van der Waals surface area contributed by atoms with E-state index in [1.165, 1.54) is 11.9 Å². The molecular weight excluding hydrogens is 342 g/mol. The van der Waals surface area contributed by atoms with E-state index in [9.17, 15) is 0 Å². The molecular formula is C20H21N5O2. The van der Waals surface area contributed by atoms with E-state index < -0.39 is 0 Å². The van der Waals surface area contributed by atoms with Gasteiger partial charge in [0.25, 0.3) is 0 Å². The first kappa shape index (κ1) is 17.0. The van der Waals surface area contributed by atoms with Crippen molar-refractivity contribution in [3.63, 3.8) is 0 Å². The summed E-state index contributed by atoms with van der Waals surface area (Å²) in [4.78, 5) is 8.55. The van der Waals surface area contributed by atoms with Crippen LogP contribution >= 0.6 is 0 Å². The minimum absolute atomic E-state index is 0.438. The van der Waals surface area contributed by atoms with Gasteiger partial charge in [-0.25, -0.2) is 9.97 Å². The van der Waals surface area contributed by atoms with Gasteiger partial charge in [-0.05, 0) is 43.2 Å². The fraction of sp³-hybridized carbons (Fsp3) is 0.200. The van der Waals surface area contributed by atoms with E-state index in [4.69, 9.17) is 15.2 Å². The molecule has 0 amide bonds. The molecule has 4 N–H and O–H groups in total. The Bertz CT molecular complexity index is 990. The molecule has 27 heavy (non-hydrogen) atoms. The molecule has 0 spiro atoms. The van der Waals surface area contributed by atoms with Gasteiger partial charge in [-0.3, -0.25) is 0 Å². The molecule has 0 saturated carbocycles. The second-order valence-corrected chi connectivity index (χ2v) is 6.34. The number of benzene rings is 2. The Kier molecular flexibility index (Phi) is 4.42. The minimum Gasteiger partial charge on any atom is -0.486 e. The Morgan fingerprint density at radius 2 is 1.67 bits per heavy atom. The number of hydrogen-bond acceptors (Lipinski definition) is 7. The maximum absolute atomic E-state index is 6.30. The zero-order valence-corrected chi connectivity index (χ0v) is 15.2. The molecule has 0 bridgehead atoms. The molecule has 0 saturated heterocycles. The number of nitrogens with two attached hydrogens (primary N) is 1. The zero-order chi connectivity index (χ0) is 18.8. The predicted molar refractivity (Wildman–Crippen MR) is 106 cm³/mol. The molecule has 3 aromatic rings. The van der Waals surface area contributed by atoms with Crippen LogP contribution < -0.4 is 25.8 Å². The van der Waals surface area contributed by atoms with Crippen LogP contribution in [0.1, 0.15) is 11.1 Å². The lowest BCUT2D eigenvalue weighted by atomic mass is 10.1. The molecule has 0 unspecified atom stereocenters. The van der Waals surface area contributed by atoms with Crippen LogP contribution in [0.4, 0.5) is 28.7 Å². The van der Waals surface area contributed by atoms with Crippen molar-refractivity contribution in [1.29, 1.82) is 0 Å². The smallest absolute Gasteiger partial charge is 0.163 e. The average molecular weight is 363 g/mol. The lowest BCUT2D eigenvalue weighted by molar-refractivity contribution is 0.171. The van der Waals surface area contributed by atoms with Crippen LogP contribution in [0, 0.1) is 13.8 Å². The third kappa shape index (κ3) is 3.44. The topological polar surface area (TPSA) is 94.3 Å². The molecule has 0 atom stereocenters. The third-order valence-electron chi connectivity index (χ3n) is 4.55. The molecule has 0 radical (unpaired) electrons. The fourth-order valence-electron chi connectivity index (χ4n) is 2.87. The van der Waals surface area contributed by atoms with Crippen molar-refractivity contribution >= 4 is 28.7 Å². The number of hydrogen-bond donors (Lipinski definition) is 3. The Labute approximate surface area is 157 Å². The maximum atomic E-state index is 6.30. The van der Waals surface area contributed by atoms with E-state index in [-0.39, 0.29) is 0 Å². The van der Waals surface area contributed by atoms with Crippen LogP contribution in [0.5, 0.6) is 11.5 Å². The van der Waals surface area contributed by atoms with Gasteiger partial charge in [0.15, 0.2) is 23.1 Å². The monoisotopic (exact) mass is 363 g/mol. The van der Waals surface area contributed by atoms with E-state index >= 15 is 0 Å². The van der Waals surface area contributed by atoms with E-state index in [0.29, 0.717) is 36.3 Å². The molecule has 4 rings (SSSR count). The first-order valence-electron chi connectivity index (χ1n) is 8.72. The SMILES string of the molecule is Cc1cccc(Nc2ncnc(Nc3ccc4c(c3)OCCO4)c2N)c1C. The lowest BCUT2D eigenvalue weighted by Gasteiger charge is -2.19. The molecule has 7 heteroatoms. The molecule has 1 aliphatic heterocycles. The van der Waals surface area contributed by atoms with Gasteiger partial charge in [0.1, 0.15) is 25.2 Å². The standard InChI is InChI=1S/C20H21N5O2/c1-12-4-3-5-15(13(12)2)25-20-18(21)19(22-11-23-20)24-14-6-7-16-17(10-14)27-9-8-26-16/h3-7,10-11H,8-9,21H2,1-2H3,(H2,22,23,24,25). The molecule has 1 aromatic heterocycles. The summed E-state index contributed by atoms with van der Waals surface area (Å²) in [6, 6.07) is 11.7. The summed E-state index contributed by atoms with van der Waals surface area (Å²) in [6.07, 6.45) is 1.48. The number of nitrogen functional groups attached to an aromatic ring is 1. The Hall–Kier alpha value is -3.48. The molecule has 7 nitrogen and oxygen atoms in total. The highest BCUT2D eigenvalue weighted by molar-refractivity contribution is 5.81. The summed E-state index contributed by atoms with van der Waals surface area (Å²) in [5, 5.41) is 6.52. The molecule has 0 aliphatic carbocycles. The predicted octanol–water partition coefficient (Wildman–Crippen LogP) is 3.93. The van der Waals surface area contributed by atoms with E-state index in [2.05, 4.69) is 40.5 Å². The summed E-state index contributed by atoms with van der Waals surface area (Å²) in [6.45, 7) is 5.23. The van der Waals surface area contributed by atoms with Gasteiger partial charge in [0, 0.05) is 17.4 Å². The summed E-state index contributed by atoms with van der Waals surface area (Å²) < 4.78 is 11.2. The van der Waals surface area contributed by atoms with Crippen LogP contribution in [0.25, 0.3) is 0 Å². The van der Waals surface area contributed by atoms with Gasteiger partial charge >= 0.3 is 0 Å². The number of aryl methyl sites for hydroxylation is 1. The normalized spacial score (nSPS) is 12.5. The number of nitrogens with one attached hydrogen (secondary N) is 2. The Morgan fingerprint density at radius 1 is 0.926 bits per heavy atom. The highest BCUT2D eigenvalue weighted by atomic mass is 16.6. The van der Waals surface area contributed by atoms with Crippen molar-refractivity contribution in [1.82, 2.24) is 9.97 Å². The second kappa shape index (κ2) is 7.03. The van der Waals surface area contributed by atoms with E-state index in [1.807, 2.05) is 30.3 Å². The maximum Gasteiger partial charge on any atom is 0.163 e. The van der Waals surface area contributed by atoms with Crippen LogP contribution in [-0.2, 0) is 0 Å². The van der Waals surface area contributed by atoms with Crippen molar-refractivity contribution in [2.75, 3.05) is 29.6 Å². The summed E-state index contributed by atoms with van der Waals surface area (Å²) in [5.74, 6) is 2.51. The number of fused-ring (bicyclic) bond motifs is 1. The highest BCUT2D eigenvalue weighted by Crippen LogP contribution is 2.35. The summed E-state index contributed by atoms with van der Waals surface area (Å²) in [5.41, 5.74) is 10.9. The van der Waals surface area contributed by atoms with Gasteiger partial charge in [0.2, 0.25) is 0 Å². The lowest BCUT2D eigenvalue weighted by Crippen LogP contribution is -2.15. The second-order valence-electron chi connectivity index (χ2n) is 6.34. The average Bonchev–Trinajstić information content (AvgIpc) is 2.68. The third-order valence-corrected chi connectivity index (χ3v) is 4.55. The van der Waals surface area contributed by atoms with Crippen LogP contribution in [0.2, 0.25) is 0 Å². The Balaban J connectivity index is 1.59. The van der Waals surface area contributed by atoms with Crippen LogP contribution in [0.15, 0.2) is 42.7 Å². The molecule has 2 aromatic carbocycles. The summed E-state index contributed by atoms with van der Waals surface area (Å²) in [7, 11) is 0. The first-order chi connectivity index (χ1) is 13.1. The number of ether oxygens (including phenoxy) is 2. The van der Waals surface area contributed by atoms with Crippen LogP contribution in [-0.4, -0.2) is 23.2 Å². The van der Waals surface area contributed by atoms with Gasteiger partial charge in [-0.15, -0.1) is 0 Å². The molecule has 0 fully saturated rings. The van der Waals surface area contributed by atoms with E-state index in [1.54, 1.807) is 0 Å². The van der Waals surface area contributed by atoms with Crippen molar-refractivity contribution in [2.24, 2.45) is 0 Å². The largest absolute Gasteiger partial charge is 0.486 e. The zero-order valence-electron chi connectivity index (χ0n) is 15.2. The number of nitrogens with zero attached hydrogens (tertiary/aromatic N) is 2. The van der Waals surface area contributed by atoms with Crippen LogP contribution in [0.3, 0.4) is 0 Å². The first-order valence-corrected chi connectivity index (χ1v) is 8.72. The quantitative estimate of drug-likeness (QED) is 0.646. The van der Waals surface area contributed by atoms with Crippen molar-refractivity contribution in [3.8, 4) is 11.5 Å². The minimum atomic E-state index is 0.438. The van der Waals surface area contributed by atoms with Crippen molar-refractivity contribution < 1.29 is 9.47 Å². The molecule has 138 valence electrons. The number of rotatable bonds is 4. The molecule has 2 heterocycles. The van der Waals surface area contributed by atoms with Gasteiger partial charge in [0.05, 0.1) is 0 Å². The summed E-state index contributed by atoms with van der Waals surface area (Å²) >= 11 is 0.